The molecular weight excluding hydrogens is 271 g/mol. The van der Waals surface area contributed by atoms with Gasteiger partial charge in [-0.25, -0.2) is 0 Å². The van der Waals surface area contributed by atoms with E-state index >= 15 is 0 Å². The molecule has 2 N–H and O–H groups in total. The predicted octanol–water partition coefficient (Wildman–Crippen LogP) is 2.57. The van der Waals surface area contributed by atoms with Gasteiger partial charge in [0, 0.05) is 23.7 Å². The lowest BCUT2D eigenvalue weighted by Gasteiger charge is -2.32. The summed E-state index contributed by atoms with van der Waals surface area (Å²) in [7, 11) is 0. The Hall–Kier alpha value is -0.770. The zero-order valence-electron chi connectivity index (χ0n) is 10.1. The average Bonchev–Trinajstić information content (AvgIpc) is 2.38. The second-order valence-electron chi connectivity index (χ2n) is 4.51. The minimum atomic E-state index is 0. The summed E-state index contributed by atoms with van der Waals surface area (Å²) in [5.41, 5.74) is 6.33. The lowest BCUT2D eigenvalue weighted by molar-refractivity contribution is 0.0678. The van der Waals surface area contributed by atoms with E-state index < -0.39 is 0 Å². The summed E-state index contributed by atoms with van der Waals surface area (Å²) in [5, 5.41) is 0.600. The smallest absolute Gasteiger partial charge is 0.253 e. The van der Waals surface area contributed by atoms with Crippen molar-refractivity contribution in [1.29, 1.82) is 0 Å². The van der Waals surface area contributed by atoms with Crippen LogP contribution < -0.4 is 5.73 Å². The molecule has 0 bridgehead atoms. The lowest BCUT2D eigenvalue weighted by atomic mass is 9.97. The molecule has 1 fully saturated rings. The molecule has 1 aliphatic rings. The molecule has 1 aromatic rings. The molecular formula is C13H18Cl2N2O. The van der Waals surface area contributed by atoms with E-state index in [2.05, 4.69) is 0 Å². The Balaban J connectivity index is 0.00000162. The first-order valence-corrected chi connectivity index (χ1v) is 6.33. The average molecular weight is 289 g/mol. The second kappa shape index (κ2) is 6.98. The van der Waals surface area contributed by atoms with Gasteiger partial charge in [-0.1, -0.05) is 17.7 Å². The fourth-order valence-corrected chi connectivity index (χ4v) is 2.44. The van der Waals surface area contributed by atoms with Gasteiger partial charge in [0.15, 0.2) is 0 Å². The SMILES string of the molecule is Cl.NCC1CCCN(C(=O)c2cccc(Cl)c2)C1. The van der Waals surface area contributed by atoms with E-state index in [4.69, 9.17) is 17.3 Å². The molecule has 0 aromatic heterocycles. The number of nitrogens with two attached hydrogens (primary N) is 1. The van der Waals surface area contributed by atoms with Crippen LogP contribution in [0.5, 0.6) is 0 Å². The van der Waals surface area contributed by atoms with Gasteiger partial charge in [-0.2, -0.15) is 0 Å². The fraction of sp³-hybridized carbons (Fsp3) is 0.462. The van der Waals surface area contributed by atoms with Crippen LogP contribution in [0.15, 0.2) is 24.3 Å². The first-order valence-electron chi connectivity index (χ1n) is 5.95. The van der Waals surface area contributed by atoms with Crippen LogP contribution in [0.4, 0.5) is 0 Å². The number of amides is 1. The standard InChI is InChI=1S/C13H17ClN2O.ClH/c14-12-5-1-4-11(7-12)13(17)16-6-2-3-10(8-15)9-16;/h1,4-5,7,10H,2-3,6,8-9,15H2;1H. The maximum absolute atomic E-state index is 12.2. The number of carbonyl (C=O) groups excluding carboxylic acids is 1. The Morgan fingerprint density at radius 1 is 1.50 bits per heavy atom. The Bertz CT molecular complexity index is 412. The Kier molecular flexibility index (Phi) is 5.93. The Morgan fingerprint density at radius 3 is 2.94 bits per heavy atom. The van der Waals surface area contributed by atoms with E-state index in [-0.39, 0.29) is 18.3 Å². The molecule has 18 heavy (non-hydrogen) atoms. The van der Waals surface area contributed by atoms with Crippen LogP contribution in [0.3, 0.4) is 0 Å². The van der Waals surface area contributed by atoms with Crippen molar-refractivity contribution in [3.63, 3.8) is 0 Å². The minimum Gasteiger partial charge on any atom is -0.338 e. The van der Waals surface area contributed by atoms with Crippen LogP contribution in [0.25, 0.3) is 0 Å². The van der Waals surface area contributed by atoms with E-state index in [0.717, 1.165) is 25.9 Å². The summed E-state index contributed by atoms with van der Waals surface area (Å²) in [5.74, 6) is 0.498. The summed E-state index contributed by atoms with van der Waals surface area (Å²) in [6.45, 7) is 2.24. The van der Waals surface area contributed by atoms with Gasteiger partial charge in [0.05, 0.1) is 0 Å². The normalized spacial score (nSPS) is 19.2. The van der Waals surface area contributed by atoms with Crippen LogP contribution in [0, 0.1) is 5.92 Å². The third-order valence-electron chi connectivity index (χ3n) is 3.21. The number of benzene rings is 1. The number of halogens is 2. The molecule has 0 spiro atoms. The number of hydrogen-bond donors (Lipinski definition) is 1. The molecule has 1 saturated heterocycles. The molecule has 3 nitrogen and oxygen atoms in total. The molecule has 100 valence electrons. The van der Waals surface area contributed by atoms with Crippen LogP contribution in [0.1, 0.15) is 23.2 Å². The minimum absolute atomic E-state index is 0. The molecule has 1 aliphatic heterocycles. The van der Waals surface area contributed by atoms with E-state index in [9.17, 15) is 4.79 Å². The maximum atomic E-state index is 12.2. The first kappa shape index (κ1) is 15.3. The van der Waals surface area contributed by atoms with Crippen molar-refractivity contribution in [2.45, 2.75) is 12.8 Å². The number of piperidine rings is 1. The maximum Gasteiger partial charge on any atom is 0.253 e. The van der Waals surface area contributed by atoms with Gasteiger partial charge in [0.1, 0.15) is 0 Å². The van der Waals surface area contributed by atoms with E-state index in [1.54, 1.807) is 24.3 Å². The van der Waals surface area contributed by atoms with Gasteiger partial charge >= 0.3 is 0 Å². The van der Waals surface area contributed by atoms with Crippen LogP contribution >= 0.6 is 24.0 Å². The number of carbonyl (C=O) groups is 1. The van der Waals surface area contributed by atoms with Crippen LogP contribution in [-0.2, 0) is 0 Å². The number of nitrogens with zero attached hydrogens (tertiary/aromatic N) is 1. The van der Waals surface area contributed by atoms with Gasteiger partial charge in [-0.15, -0.1) is 12.4 Å². The summed E-state index contributed by atoms with van der Waals surface area (Å²) in [6.07, 6.45) is 2.16. The van der Waals surface area contributed by atoms with Crippen molar-refractivity contribution < 1.29 is 4.79 Å². The van der Waals surface area contributed by atoms with Crippen LogP contribution in [-0.4, -0.2) is 30.4 Å². The van der Waals surface area contributed by atoms with Gasteiger partial charge in [-0.05, 0) is 43.5 Å². The summed E-state index contributed by atoms with van der Waals surface area (Å²) >= 11 is 5.89. The van der Waals surface area contributed by atoms with Gasteiger partial charge < -0.3 is 10.6 Å². The van der Waals surface area contributed by atoms with E-state index in [1.165, 1.54) is 0 Å². The van der Waals surface area contributed by atoms with Gasteiger partial charge in [-0.3, -0.25) is 4.79 Å². The Labute approximate surface area is 119 Å². The predicted molar refractivity (Wildman–Crippen MR) is 76.4 cm³/mol. The van der Waals surface area contributed by atoms with Gasteiger partial charge in [0.25, 0.3) is 5.91 Å². The fourth-order valence-electron chi connectivity index (χ4n) is 2.25. The summed E-state index contributed by atoms with van der Waals surface area (Å²) in [4.78, 5) is 14.1. The molecule has 1 amide bonds. The van der Waals surface area contributed by atoms with E-state index in [1.807, 2.05) is 4.90 Å². The topological polar surface area (TPSA) is 46.3 Å². The zero-order valence-corrected chi connectivity index (χ0v) is 11.7. The molecule has 0 aliphatic carbocycles. The highest BCUT2D eigenvalue weighted by Gasteiger charge is 2.23. The highest BCUT2D eigenvalue weighted by molar-refractivity contribution is 6.30. The molecule has 1 aromatic carbocycles. The van der Waals surface area contributed by atoms with Crippen LogP contribution in [0.2, 0.25) is 5.02 Å². The summed E-state index contributed by atoms with van der Waals surface area (Å²) < 4.78 is 0. The second-order valence-corrected chi connectivity index (χ2v) is 4.94. The number of likely N-dealkylation sites (tertiary alicyclic amines) is 1. The number of rotatable bonds is 2. The molecule has 0 radical (unpaired) electrons. The molecule has 1 heterocycles. The molecule has 1 atom stereocenters. The third kappa shape index (κ3) is 3.61. The van der Waals surface area contributed by atoms with Crippen molar-refractivity contribution in [2.75, 3.05) is 19.6 Å². The molecule has 0 saturated carbocycles. The monoisotopic (exact) mass is 288 g/mol. The zero-order chi connectivity index (χ0) is 12.3. The van der Waals surface area contributed by atoms with Crippen molar-refractivity contribution >= 4 is 29.9 Å². The third-order valence-corrected chi connectivity index (χ3v) is 3.45. The highest BCUT2D eigenvalue weighted by Crippen LogP contribution is 2.19. The van der Waals surface area contributed by atoms with Crippen molar-refractivity contribution in [3.05, 3.63) is 34.9 Å². The first-order chi connectivity index (χ1) is 8.20. The molecule has 5 heteroatoms. The van der Waals surface area contributed by atoms with Crippen molar-refractivity contribution in [2.24, 2.45) is 11.7 Å². The Morgan fingerprint density at radius 2 is 2.28 bits per heavy atom. The van der Waals surface area contributed by atoms with E-state index in [0.29, 0.717) is 23.0 Å². The molecule has 1 unspecified atom stereocenters. The largest absolute Gasteiger partial charge is 0.338 e. The lowest BCUT2D eigenvalue weighted by Crippen LogP contribution is -2.42. The van der Waals surface area contributed by atoms with Gasteiger partial charge in [0.2, 0.25) is 0 Å². The quantitative estimate of drug-likeness (QED) is 0.909. The molecule has 2 rings (SSSR count). The highest BCUT2D eigenvalue weighted by atomic mass is 35.5. The van der Waals surface area contributed by atoms with Crippen molar-refractivity contribution in [1.82, 2.24) is 4.90 Å². The number of hydrogen-bond acceptors (Lipinski definition) is 2. The summed E-state index contributed by atoms with van der Waals surface area (Å²) in [6, 6.07) is 7.10. The van der Waals surface area contributed by atoms with Crippen molar-refractivity contribution in [3.8, 4) is 0 Å².